The van der Waals surface area contributed by atoms with Crippen LogP contribution in [0.1, 0.15) is 23.6 Å². The van der Waals surface area contributed by atoms with Crippen LogP contribution in [0.15, 0.2) is 6.07 Å². The van der Waals surface area contributed by atoms with Gasteiger partial charge in [0.05, 0.1) is 10.0 Å². The van der Waals surface area contributed by atoms with Crippen LogP contribution in [0.3, 0.4) is 0 Å². The molecule has 0 amide bonds. The van der Waals surface area contributed by atoms with Crippen molar-refractivity contribution in [1.82, 2.24) is 5.32 Å². The standard InChI is InChI=1S/C10H9Cl2N3/c1-2-4-3-5(11)8(12)7-6(4)9(13)15-10(7)14/h3H,2H2,1H3,(H3,13,14,15). The Hall–Kier alpha value is -1.06. The Kier molecular flexibility index (Phi) is 2.44. The van der Waals surface area contributed by atoms with Crippen LogP contribution in [0.5, 0.6) is 0 Å². The summed E-state index contributed by atoms with van der Waals surface area (Å²) in [5, 5.41) is 18.8. The van der Waals surface area contributed by atoms with E-state index in [2.05, 4.69) is 5.32 Å². The first-order valence-corrected chi connectivity index (χ1v) is 5.27. The number of hydrogen-bond acceptors (Lipinski definition) is 2. The lowest BCUT2D eigenvalue weighted by molar-refractivity contribution is 1.13. The molecule has 1 aromatic carbocycles. The van der Waals surface area contributed by atoms with Gasteiger partial charge in [-0.15, -0.1) is 0 Å². The second-order valence-corrected chi connectivity index (χ2v) is 4.10. The van der Waals surface area contributed by atoms with Gasteiger partial charge in [0.25, 0.3) is 0 Å². The highest BCUT2D eigenvalue weighted by molar-refractivity contribution is 6.46. The van der Waals surface area contributed by atoms with Crippen molar-refractivity contribution in [2.45, 2.75) is 13.3 Å². The van der Waals surface area contributed by atoms with E-state index in [-0.39, 0.29) is 11.7 Å². The number of amidine groups is 2. The summed E-state index contributed by atoms with van der Waals surface area (Å²) in [5.74, 6) is 0.377. The lowest BCUT2D eigenvalue weighted by Crippen LogP contribution is -2.20. The third kappa shape index (κ3) is 1.43. The van der Waals surface area contributed by atoms with Gasteiger partial charge in [-0.2, -0.15) is 0 Å². The molecule has 78 valence electrons. The summed E-state index contributed by atoms with van der Waals surface area (Å²) in [6.45, 7) is 1.98. The number of rotatable bonds is 1. The van der Waals surface area contributed by atoms with Gasteiger partial charge in [-0.05, 0) is 18.1 Å². The zero-order valence-electron chi connectivity index (χ0n) is 8.04. The van der Waals surface area contributed by atoms with Crippen LogP contribution < -0.4 is 5.32 Å². The second-order valence-electron chi connectivity index (χ2n) is 3.31. The summed E-state index contributed by atoms with van der Waals surface area (Å²) in [6, 6.07) is 1.76. The average molecular weight is 242 g/mol. The molecule has 0 radical (unpaired) electrons. The number of fused-ring (bicyclic) bond motifs is 1. The molecule has 0 unspecified atom stereocenters. The molecule has 0 aliphatic carbocycles. The molecule has 3 nitrogen and oxygen atoms in total. The van der Waals surface area contributed by atoms with Crippen LogP contribution in [0.25, 0.3) is 0 Å². The van der Waals surface area contributed by atoms with E-state index in [9.17, 15) is 0 Å². The minimum Gasteiger partial charge on any atom is -0.325 e. The van der Waals surface area contributed by atoms with Crippen molar-refractivity contribution in [2.24, 2.45) is 0 Å². The first-order valence-electron chi connectivity index (χ1n) is 4.52. The summed E-state index contributed by atoms with van der Waals surface area (Å²) in [7, 11) is 0. The molecule has 0 saturated carbocycles. The summed E-state index contributed by atoms with van der Waals surface area (Å²) in [6.07, 6.45) is 0.760. The number of halogens is 2. The molecule has 0 aromatic heterocycles. The number of benzene rings is 1. The molecule has 1 aromatic rings. The largest absolute Gasteiger partial charge is 0.325 e. The summed E-state index contributed by atoms with van der Waals surface area (Å²) in [4.78, 5) is 0. The van der Waals surface area contributed by atoms with Crippen LogP contribution in [-0.4, -0.2) is 11.7 Å². The van der Waals surface area contributed by atoms with Crippen molar-refractivity contribution >= 4 is 34.9 Å². The van der Waals surface area contributed by atoms with Crippen LogP contribution in [-0.2, 0) is 6.42 Å². The van der Waals surface area contributed by atoms with Crippen molar-refractivity contribution in [2.75, 3.05) is 0 Å². The summed E-state index contributed by atoms with van der Waals surface area (Å²) >= 11 is 12.0. The fraction of sp³-hybridized carbons (Fsp3) is 0.200. The molecule has 2 rings (SSSR count). The van der Waals surface area contributed by atoms with Crippen molar-refractivity contribution in [3.05, 3.63) is 32.8 Å². The molecule has 0 saturated heterocycles. The van der Waals surface area contributed by atoms with Crippen LogP contribution in [0.2, 0.25) is 10.0 Å². The van der Waals surface area contributed by atoms with Gasteiger partial charge in [-0.1, -0.05) is 30.1 Å². The highest BCUT2D eigenvalue weighted by atomic mass is 35.5. The maximum atomic E-state index is 7.72. The Morgan fingerprint density at radius 1 is 1.20 bits per heavy atom. The normalized spacial score (nSPS) is 14.1. The van der Waals surface area contributed by atoms with Crippen LogP contribution in [0.4, 0.5) is 0 Å². The molecule has 0 bridgehead atoms. The quantitative estimate of drug-likeness (QED) is 0.696. The van der Waals surface area contributed by atoms with Gasteiger partial charge in [0.2, 0.25) is 0 Å². The maximum Gasteiger partial charge on any atom is 0.133 e. The third-order valence-corrected chi connectivity index (χ3v) is 3.22. The van der Waals surface area contributed by atoms with Crippen LogP contribution in [0, 0.1) is 10.8 Å². The van der Waals surface area contributed by atoms with E-state index >= 15 is 0 Å². The predicted molar refractivity (Wildman–Crippen MR) is 62.6 cm³/mol. The van der Waals surface area contributed by atoms with E-state index in [4.69, 9.17) is 34.0 Å². The van der Waals surface area contributed by atoms with Gasteiger partial charge in [-0.25, -0.2) is 0 Å². The number of aryl methyl sites for hydroxylation is 1. The van der Waals surface area contributed by atoms with Gasteiger partial charge >= 0.3 is 0 Å². The van der Waals surface area contributed by atoms with Gasteiger partial charge in [-0.3, -0.25) is 10.8 Å². The zero-order valence-corrected chi connectivity index (χ0v) is 9.55. The highest BCUT2D eigenvalue weighted by Gasteiger charge is 2.27. The van der Waals surface area contributed by atoms with E-state index in [0.717, 1.165) is 12.0 Å². The van der Waals surface area contributed by atoms with E-state index in [1.54, 1.807) is 6.07 Å². The van der Waals surface area contributed by atoms with Crippen molar-refractivity contribution in [1.29, 1.82) is 10.8 Å². The molecule has 15 heavy (non-hydrogen) atoms. The molecule has 3 N–H and O–H groups in total. The number of hydrogen-bond donors (Lipinski definition) is 3. The molecular weight excluding hydrogens is 233 g/mol. The van der Waals surface area contributed by atoms with Crippen LogP contribution >= 0.6 is 23.2 Å². The number of nitrogens with one attached hydrogen (secondary N) is 3. The molecule has 0 fully saturated rings. The van der Waals surface area contributed by atoms with Crippen molar-refractivity contribution < 1.29 is 0 Å². The smallest absolute Gasteiger partial charge is 0.133 e. The predicted octanol–water partition coefficient (Wildman–Crippen LogP) is 2.81. The molecule has 1 aliphatic heterocycles. The molecule has 0 spiro atoms. The summed E-state index contributed by atoms with van der Waals surface area (Å²) < 4.78 is 0. The van der Waals surface area contributed by atoms with Gasteiger partial charge in [0.1, 0.15) is 11.7 Å². The van der Waals surface area contributed by atoms with Crippen molar-refractivity contribution in [3.63, 3.8) is 0 Å². The van der Waals surface area contributed by atoms with E-state index in [1.165, 1.54) is 0 Å². The molecule has 1 aliphatic rings. The van der Waals surface area contributed by atoms with Gasteiger partial charge in [0, 0.05) is 11.1 Å². The fourth-order valence-corrected chi connectivity index (χ4v) is 2.20. The first kappa shape index (κ1) is 10.5. The Morgan fingerprint density at radius 3 is 2.40 bits per heavy atom. The maximum absolute atomic E-state index is 7.72. The van der Waals surface area contributed by atoms with E-state index in [0.29, 0.717) is 21.2 Å². The Balaban J connectivity index is 2.82. The first-order chi connectivity index (χ1) is 7.06. The second kappa shape index (κ2) is 3.51. The monoisotopic (exact) mass is 241 g/mol. The zero-order chi connectivity index (χ0) is 11.2. The third-order valence-electron chi connectivity index (χ3n) is 2.43. The van der Waals surface area contributed by atoms with Crippen molar-refractivity contribution in [3.8, 4) is 0 Å². The molecular formula is C10H9Cl2N3. The Labute approximate surface area is 97.4 Å². The lowest BCUT2D eigenvalue weighted by atomic mass is 10.0. The minimum absolute atomic E-state index is 0.150. The summed E-state index contributed by atoms with van der Waals surface area (Å²) in [5.41, 5.74) is 2.20. The molecule has 5 heteroatoms. The van der Waals surface area contributed by atoms with E-state index < -0.39 is 0 Å². The topological polar surface area (TPSA) is 59.7 Å². The highest BCUT2D eigenvalue weighted by Crippen LogP contribution is 2.34. The SMILES string of the molecule is CCc1cc(Cl)c(Cl)c2c1C(=N)NC2=N. The lowest BCUT2D eigenvalue weighted by Gasteiger charge is -2.08. The molecule has 0 atom stereocenters. The fourth-order valence-electron chi connectivity index (χ4n) is 1.73. The van der Waals surface area contributed by atoms with Gasteiger partial charge in [0.15, 0.2) is 0 Å². The average Bonchev–Trinajstić information content (AvgIpc) is 2.48. The minimum atomic E-state index is 0.150. The van der Waals surface area contributed by atoms with E-state index in [1.807, 2.05) is 6.92 Å². The van der Waals surface area contributed by atoms with Gasteiger partial charge < -0.3 is 5.32 Å². The Bertz CT molecular complexity index is 480. The Morgan fingerprint density at radius 2 is 1.80 bits per heavy atom. The molecule has 1 heterocycles.